The van der Waals surface area contributed by atoms with E-state index in [4.69, 9.17) is 18.9 Å². The van der Waals surface area contributed by atoms with Crippen LogP contribution < -0.4 is 4.74 Å². The molecule has 0 amide bonds. The number of halogens is 4. The Morgan fingerprint density at radius 3 is 2.33 bits per heavy atom. The van der Waals surface area contributed by atoms with Gasteiger partial charge < -0.3 is 18.9 Å². The summed E-state index contributed by atoms with van der Waals surface area (Å²) >= 11 is 0. The molecule has 0 radical (unpaired) electrons. The van der Waals surface area contributed by atoms with Crippen molar-refractivity contribution in [2.45, 2.75) is 70.8 Å². The Bertz CT molecular complexity index is 1460. The van der Waals surface area contributed by atoms with E-state index in [2.05, 4.69) is 0 Å². The Labute approximate surface area is 247 Å². The minimum Gasteiger partial charge on any atom is -0.496 e. The van der Waals surface area contributed by atoms with Crippen LogP contribution in [0.3, 0.4) is 0 Å². The summed E-state index contributed by atoms with van der Waals surface area (Å²) in [6.07, 6.45) is -5.93. The summed E-state index contributed by atoms with van der Waals surface area (Å²) < 4.78 is 78.2. The van der Waals surface area contributed by atoms with Gasteiger partial charge >= 0.3 is 18.2 Å². The first-order valence-corrected chi connectivity index (χ1v) is 13.8. The number of benzene rings is 2. The molecule has 43 heavy (non-hydrogen) atoms. The molecule has 3 aromatic rings. The van der Waals surface area contributed by atoms with Crippen molar-refractivity contribution in [2.75, 3.05) is 27.4 Å². The molecule has 2 aromatic carbocycles. The van der Waals surface area contributed by atoms with E-state index in [1.165, 1.54) is 42.0 Å². The zero-order valence-corrected chi connectivity index (χ0v) is 25.0. The van der Waals surface area contributed by atoms with Gasteiger partial charge in [-0.15, -0.1) is 0 Å². The molecule has 1 aromatic heterocycles. The Morgan fingerprint density at radius 1 is 1.07 bits per heavy atom. The standard InChI is InChI=1S/C31H36F4N2O6/c1-18-15-24(40-5)25(22-12-14-37(26(18)22)29(39)43-30(2,3)4)27(32)36-13-11-21(42-17-31(33,34)35)16-23(36)19-7-9-20(10-8-19)28(38)41-6/h7-10,12,14-15,21,23,27H,11,13,16-17H2,1-6H3/t21-,23-,27?/m0/s1. The van der Waals surface area contributed by atoms with Crippen molar-refractivity contribution in [2.24, 2.45) is 0 Å². The number of rotatable bonds is 7. The summed E-state index contributed by atoms with van der Waals surface area (Å²) in [4.78, 5) is 26.5. The van der Waals surface area contributed by atoms with Gasteiger partial charge in [0.05, 0.1) is 37.0 Å². The van der Waals surface area contributed by atoms with Gasteiger partial charge in [-0.3, -0.25) is 9.47 Å². The van der Waals surface area contributed by atoms with E-state index >= 15 is 4.39 Å². The Hall–Kier alpha value is -3.64. The number of carbonyl (C=O) groups excluding carboxylic acids is 2. The lowest BCUT2D eigenvalue weighted by Gasteiger charge is -2.41. The molecule has 3 atom stereocenters. The Kier molecular flexibility index (Phi) is 9.41. The van der Waals surface area contributed by atoms with Crippen molar-refractivity contribution in [1.29, 1.82) is 0 Å². The van der Waals surface area contributed by atoms with Crippen LogP contribution in [0.25, 0.3) is 10.9 Å². The van der Waals surface area contributed by atoms with E-state index in [9.17, 15) is 22.8 Å². The Morgan fingerprint density at radius 2 is 1.74 bits per heavy atom. The number of carbonyl (C=O) groups is 2. The molecular weight excluding hydrogens is 572 g/mol. The summed E-state index contributed by atoms with van der Waals surface area (Å²) in [7, 11) is 2.67. The van der Waals surface area contributed by atoms with Crippen LogP contribution in [0.4, 0.5) is 22.4 Å². The minimum absolute atomic E-state index is 0.0679. The fourth-order valence-electron chi connectivity index (χ4n) is 5.44. The normalized spacial score (nSPS) is 18.8. The van der Waals surface area contributed by atoms with Crippen LogP contribution in [0.15, 0.2) is 42.6 Å². The summed E-state index contributed by atoms with van der Waals surface area (Å²) in [5.74, 6) is -0.294. The highest BCUT2D eigenvalue weighted by Crippen LogP contribution is 2.45. The quantitative estimate of drug-likeness (QED) is 0.158. The topological polar surface area (TPSA) is 79.2 Å². The highest BCUT2D eigenvalue weighted by atomic mass is 19.4. The van der Waals surface area contributed by atoms with Gasteiger partial charge in [-0.1, -0.05) is 12.1 Å². The van der Waals surface area contributed by atoms with Crippen molar-refractivity contribution in [3.63, 3.8) is 0 Å². The molecule has 0 bridgehead atoms. The molecular formula is C31H36F4N2O6. The van der Waals surface area contributed by atoms with Crippen LogP contribution in [-0.2, 0) is 14.2 Å². The molecule has 0 N–H and O–H groups in total. The molecule has 0 spiro atoms. The van der Waals surface area contributed by atoms with Gasteiger partial charge in [0, 0.05) is 24.2 Å². The molecule has 12 heteroatoms. The van der Waals surface area contributed by atoms with Gasteiger partial charge in [-0.25, -0.2) is 14.0 Å². The molecule has 1 aliphatic heterocycles. The maximum Gasteiger partial charge on any atom is 0.419 e. The molecule has 234 valence electrons. The number of methoxy groups -OCH3 is 2. The largest absolute Gasteiger partial charge is 0.496 e. The number of aromatic nitrogens is 1. The number of fused-ring (bicyclic) bond motifs is 1. The third kappa shape index (κ3) is 7.30. The number of hydrogen-bond acceptors (Lipinski definition) is 7. The second kappa shape index (κ2) is 12.5. The molecule has 1 saturated heterocycles. The first-order valence-electron chi connectivity index (χ1n) is 13.8. The molecule has 8 nitrogen and oxygen atoms in total. The Balaban J connectivity index is 1.76. The summed E-state index contributed by atoms with van der Waals surface area (Å²) in [6.45, 7) is 5.67. The van der Waals surface area contributed by atoms with E-state index in [-0.39, 0.29) is 36.3 Å². The third-order valence-corrected chi connectivity index (χ3v) is 7.30. The number of alkyl halides is 4. The zero-order valence-electron chi connectivity index (χ0n) is 25.0. The van der Waals surface area contributed by atoms with E-state index in [0.717, 1.165) is 0 Å². The van der Waals surface area contributed by atoms with Crippen molar-refractivity contribution < 1.29 is 46.1 Å². The fourth-order valence-corrected chi connectivity index (χ4v) is 5.44. The van der Waals surface area contributed by atoms with E-state index < -0.39 is 48.9 Å². The first kappa shape index (κ1) is 32.3. The molecule has 1 fully saturated rings. The van der Waals surface area contributed by atoms with E-state index in [0.29, 0.717) is 22.0 Å². The number of esters is 1. The second-order valence-electron chi connectivity index (χ2n) is 11.5. The maximum atomic E-state index is 16.9. The lowest BCUT2D eigenvalue weighted by molar-refractivity contribution is -0.193. The lowest BCUT2D eigenvalue weighted by Crippen LogP contribution is -2.41. The smallest absolute Gasteiger partial charge is 0.419 e. The minimum atomic E-state index is -4.50. The van der Waals surface area contributed by atoms with Gasteiger partial charge in [-0.05, 0) is 75.9 Å². The number of likely N-dealkylation sites (tertiary alicyclic amines) is 1. The number of hydrogen-bond donors (Lipinski definition) is 0. The number of ether oxygens (including phenoxy) is 4. The maximum absolute atomic E-state index is 16.9. The molecule has 0 aliphatic carbocycles. The van der Waals surface area contributed by atoms with Crippen molar-refractivity contribution in [3.05, 3.63) is 64.8 Å². The van der Waals surface area contributed by atoms with E-state index in [1.807, 2.05) is 0 Å². The second-order valence-corrected chi connectivity index (χ2v) is 11.5. The summed E-state index contributed by atoms with van der Waals surface area (Å²) in [5, 5.41) is 0.436. The predicted octanol–water partition coefficient (Wildman–Crippen LogP) is 7.28. The van der Waals surface area contributed by atoms with Gasteiger partial charge in [0.15, 0.2) is 6.30 Å². The average molecular weight is 609 g/mol. The monoisotopic (exact) mass is 608 g/mol. The van der Waals surface area contributed by atoms with Crippen LogP contribution in [0, 0.1) is 6.92 Å². The van der Waals surface area contributed by atoms with Gasteiger partial charge in [-0.2, -0.15) is 13.2 Å². The summed E-state index contributed by atoms with van der Waals surface area (Å²) in [6, 6.07) is 8.87. The van der Waals surface area contributed by atoms with Crippen LogP contribution in [-0.4, -0.2) is 66.8 Å². The first-order chi connectivity index (χ1) is 20.1. The zero-order chi connectivity index (χ0) is 31.7. The number of aryl methyl sites for hydroxylation is 1. The summed E-state index contributed by atoms with van der Waals surface area (Å²) in [5.41, 5.74) is 1.40. The highest BCUT2D eigenvalue weighted by molar-refractivity contribution is 5.95. The molecule has 4 rings (SSSR count). The van der Waals surface area contributed by atoms with E-state index in [1.54, 1.807) is 52.0 Å². The average Bonchev–Trinajstić information content (AvgIpc) is 3.40. The molecule has 1 unspecified atom stereocenters. The van der Waals surface area contributed by atoms with Crippen molar-refractivity contribution in [1.82, 2.24) is 9.47 Å². The van der Waals surface area contributed by atoms with Crippen molar-refractivity contribution in [3.8, 4) is 5.75 Å². The molecule has 0 saturated carbocycles. The van der Waals surface area contributed by atoms with Crippen LogP contribution in [0.2, 0.25) is 0 Å². The number of nitrogens with zero attached hydrogens (tertiary/aromatic N) is 2. The lowest BCUT2D eigenvalue weighted by atomic mass is 9.91. The van der Waals surface area contributed by atoms with Crippen LogP contribution in [0.5, 0.6) is 5.75 Å². The third-order valence-electron chi connectivity index (χ3n) is 7.30. The van der Waals surface area contributed by atoms with Crippen molar-refractivity contribution >= 4 is 23.0 Å². The fraction of sp³-hybridized carbons (Fsp3) is 0.484. The number of piperidine rings is 1. The molecule has 2 heterocycles. The highest BCUT2D eigenvalue weighted by Gasteiger charge is 2.39. The van der Waals surface area contributed by atoms with Gasteiger partial charge in [0.2, 0.25) is 0 Å². The van der Waals surface area contributed by atoms with Crippen LogP contribution in [0.1, 0.15) is 73.0 Å². The predicted molar refractivity (Wildman–Crippen MR) is 151 cm³/mol. The SMILES string of the molecule is COC(=O)c1ccc([C@@H]2C[C@@H](OCC(F)(F)F)CCN2C(F)c2c(OC)cc(C)c3c2ccn3C(=O)OC(C)(C)C)cc1. The van der Waals surface area contributed by atoms with Crippen LogP contribution >= 0.6 is 0 Å². The molecule has 1 aliphatic rings. The van der Waals surface area contributed by atoms with Gasteiger partial charge in [0.25, 0.3) is 0 Å². The van der Waals surface area contributed by atoms with Gasteiger partial charge in [0.1, 0.15) is 18.0 Å².